The highest BCUT2D eigenvalue weighted by atomic mass is 35.5. The number of rotatable bonds is 5. The lowest BCUT2D eigenvalue weighted by Gasteiger charge is -2.14. The van der Waals surface area contributed by atoms with Gasteiger partial charge in [-0.3, -0.25) is 9.79 Å². The molecular formula is C16H22ClN3O. The topological polar surface area (TPSA) is 53.5 Å². The van der Waals surface area contributed by atoms with Crippen molar-refractivity contribution in [2.75, 3.05) is 25.0 Å². The first kappa shape index (κ1) is 15.8. The average Bonchev–Trinajstić information content (AvgIpc) is 3.18. The van der Waals surface area contributed by atoms with Gasteiger partial charge in [-0.2, -0.15) is 0 Å². The molecule has 2 N–H and O–H groups in total. The molecule has 114 valence electrons. The Kier molecular flexibility index (Phi) is 5.62. The molecule has 0 radical (unpaired) electrons. The lowest BCUT2D eigenvalue weighted by molar-refractivity contribution is 0.0923. The molecule has 2 aliphatic rings. The number of carbonyl (C=O) groups excluding carboxylic acids is 1. The average molecular weight is 308 g/mol. The Morgan fingerprint density at radius 3 is 2.76 bits per heavy atom. The van der Waals surface area contributed by atoms with Crippen LogP contribution in [0.2, 0.25) is 0 Å². The van der Waals surface area contributed by atoms with E-state index in [4.69, 9.17) is 0 Å². The third-order valence-corrected chi connectivity index (χ3v) is 4.11. The first-order valence-corrected chi connectivity index (χ1v) is 7.49. The van der Waals surface area contributed by atoms with Crippen LogP contribution in [0.3, 0.4) is 0 Å². The van der Waals surface area contributed by atoms with Crippen molar-refractivity contribution in [3.63, 3.8) is 0 Å². The molecule has 1 aliphatic heterocycles. The Morgan fingerprint density at radius 2 is 2.05 bits per heavy atom. The van der Waals surface area contributed by atoms with Crippen molar-refractivity contribution in [1.29, 1.82) is 0 Å². The third-order valence-electron chi connectivity index (χ3n) is 4.11. The Balaban J connectivity index is 0.00000161. The minimum absolute atomic E-state index is 0. The summed E-state index contributed by atoms with van der Waals surface area (Å²) in [7, 11) is 0. The number of aliphatic imine (C=N–C) groups is 1. The van der Waals surface area contributed by atoms with E-state index < -0.39 is 0 Å². The largest absolute Gasteiger partial charge is 0.377 e. The van der Waals surface area contributed by atoms with Gasteiger partial charge in [-0.15, -0.1) is 12.4 Å². The zero-order valence-corrected chi connectivity index (χ0v) is 12.9. The van der Waals surface area contributed by atoms with Crippen LogP contribution in [0.1, 0.15) is 36.0 Å². The first-order chi connectivity index (χ1) is 9.84. The minimum atomic E-state index is 0. The van der Waals surface area contributed by atoms with Crippen molar-refractivity contribution in [3.8, 4) is 0 Å². The van der Waals surface area contributed by atoms with Crippen LogP contribution in [0.5, 0.6) is 0 Å². The Hall–Kier alpha value is -1.55. The van der Waals surface area contributed by atoms with Gasteiger partial charge in [-0.05, 0) is 25.0 Å². The lowest BCUT2D eigenvalue weighted by atomic mass is 9.95. The van der Waals surface area contributed by atoms with Crippen molar-refractivity contribution in [3.05, 3.63) is 29.8 Å². The molecule has 4 nitrogen and oxygen atoms in total. The number of Topliss-reactive ketones (excluding diaryl/α,β-unsaturated/α-hetero) is 1. The van der Waals surface area contributed by atoms with Gasteiger partial charge in [-0.1, -0.05) is 25.0 Å². The fourth-order valence-corrected chi connectivity index (χ4v) is 3.00. The second-order valence-corrected chi connectivity index (χ2v) is 5.50. The summed E-state index contributed by atoms with van der Waals surface area (Å²) in [6.45, 7) is 2.42. The highest BCUT2D eigenvalue weighted by Gasteiger charge is 2.25. The Bertz CT molecular complexity index is 524. The summed E-state index contributed by atoms with van der Waals surface area (Å²) in [4.78, 5) is 16.9. The molecule has 1 aromatic rings. The van der Waals surface area contributed by atoms with E-state index in [1.54, 1.807) is 0 Å². The normalized spacial score (nSPS) is 17.8. The second-order valence-electron chi connectivity index (χ2n) is 5.50. The van der Waals surface area contributed by atoms with Gasteiger partial charge in [0.05, 0.1) is 13.1 Å². The lowest BCUT2D eigenvalue weighted by Crippen LogP contribution is -2.26. The number of hydrogen-bond donors (Lipinski definition) is 2. The highest BCUT2D eigenvalue weighted by molar-refractivity contribution is 6.03. The summed E-state index contributed by atoms with van der Waals surface area (Å²) in [5, 5.41) is 6.58. The molecule has 0 amide bonds. The number of anilines is 1. The summed E-state index contributed by atoms with van der Waals surface area (Å²) >= 11 is 0. The van der Waals surface area contributed by atoms with E-state index in [9.17, 15) is 4.79 Å². The maximum absolute atomic E-state index is 12.6. The standard InChI is InChI=1S/C16H21N3O.ClH/c20-16(12-5-1-2-6-12)13-7-3-4-8-14(13)19-11-15-17-9-10-18-15;/h3-4,7-8,12,19H,1-2,5-6,9-11H2,(H,17,18);1H. The number of ketones is 1. The van der Waals surface area contributed by atoms with Gasteiger partial charge in [-0.25, -0.2) is 0 Å². The number of nitrogens with zero attached hydrogens (tertiary/aromatic N) is 1. The zero-order valence-electron chi connectivity index (χ0n) is 12.1. The fraction of sp³-hybridized carbons (Fsp3) is 0.500. The highest BCUT2D eigenvalue weighted by Crippen LogP contribution is 2.30. The van der Waals surface area contributed by atoms with Crippen LogP contribution in [-0.4, -0.2) is 31.3 Å². The summed E-state index contributed by atoms with van der Waals surface area (Å²) in [6.07, 6.45) is 4.46. The quantitative estimate of drug-likeness (QED) is 0.822. The number of nitrogens with one attached hydrogen (secondary N) is 2. The molecular weight excluding hydrogens is 286 g/mol. The summed E-state index contributed by atoms with van der Waals surface area (Å²) in [5.41, 5.74) is 1.76. The van der Waals surface area contributed by atoms with Gasteiger partial charge >= 0.3 is 0 Å². The van der Waals surface area contributed by atoms with Crippen LogP contribution in [0.25, 0.3) is 0 Å². The van der Waals surface area contributed by atoms with Crippen molar-refractivity contribution in [2.45, 2.75) is 25.7 Å². The van der Waals surface area contributed by atoms with Crippen molar-refractivity contribution in [1.82, 2.24) is 5.32 Å². The number of para-hydroxylation sites is 1. The predicted octanol–water partition coefficient (Wildman–Crippen LogP) is 2.89. The maximum Gasteiger partial charge on any atom is 0.168 e. The van der Waals surface area contributed by atoms with Gasteiger partial charge < -0.3 is 10.6 Å². The molecule has 1 aliphatic carbocycles. The zero-order chi connectivity index (χ0) is 13.8. The molecule has 0 unspecified atom stereocenters. The van der Waals surface area contributed by atoms with Crippen LogP contribution < -0.4 is 10.6 Å². The van der Waals surface area contributed by atoms with E-state index in [1.165, 1.54) is 12.8 Å². The first-order valence-electron chi connectivity index (χ1n) is 7.49. The third kappa shape index (κ3) is 3.76. The van der Waals surface area contributed by atoms with Crippen molar-refractivity contribution < 1.29 is 4.79 Å². The summed E-state index contributed by atoms with van der Waals surface area (Å²) < 4.78 is 0. The van der Waals surface area contributed by atoms with E-state index in [1.807, 2.05) is 24.3 Å². The fourth-order valence-electron chi connectivity index (χ4n) is 3.00. The van der Waals surface area contributed by atoms with Gasteiger partial charge in [0.15, 0.2) is 5.78 Å². The molecule has 1 heterocycles. The molecule has 3 rings (SSSR count). The molecule has 0 saturated heterocycles. The monoisotopic (exact) mass is 307 g/mol. The number of carbonyl (C=O) groups is 1. The van der Waals surface area contributed by atoms with E-state index in [0.29, 0.717) is 12.3 Å². The van der Waals surface area contributed by atoms with E-state index in [0.717, 1.165) is 43.0 Å². The number of halogens is 1. The molecule has 5 heteroatoms. The molecule has 1 fully saturated rings. The van der Waals surface area contributed by atoms with Gasteiger partial charge in [0, 0.05) is 23.7 Å². The molecule has 1 aromatic carbocycles. The van der Waals surface area contributed by atoms with E-state index >= 15 is 0 Å². The number of hydrogen-bond acceptors (Lipinski definition) is 4. The number of amidine groups is 1. The van der Waals surface area contributed by atoms with Crippen LogP contribution in [0.4, 0.5) is 5.69 Å². The van der Waals surface area contributed by atoms with Gasteiger partial charge in [0.25, 0.3) is 0 Å². The molecule has 0 bridgehead atoms. The van der Waals surface area contributed by atoms with Crippen molar-refractivity contribution >= 4 is 29.7 Å². The van der Waals surface area contributed by atoms with Crippen LogP contribution >= 0.6 is 12.4 Å². The SMILES string of the molecule is Cl.O=C(c1ccccc1NCC1=NCCN1)C1CCCC1. The van der Waals surface area contributed by atoms with Gasteiger partial charge in [0.2, 0.25) is 0 Å². The summed E-state index contributed by atoms with van der Waals surface area (Å²) in [5.74, 6) is 1.50. The van der Waals surface area contributed by atoms with Crippen LogP contribution in [0, 0.1) is 5.92 Å². The molecule has 0 atom stereocenters. The van der Waals surface area contributed by atoms with E-state index in [2.05, 4.69) is 15.6 Å². The molecule has 0 spiro atoms. The molecule has 21 heavy (non-hydrogen) atoms. The molecule has 0 aromatic heterocycles. The van der Waals surface area contributed by atoms with Gasteiger partial charge in [0.1, 0.15) is 5.84 Å². The molecule has 1 saturated carbocycles. The Labute approximate surface area is 131 Å². The summed E-state index contributed by atoms with van der Waals surface area (Å²) in [6, 6.07) is 7.83. The maximum atomic E-state index is 12.6. The minimum Gasteiger partial charge on any atom is -0.377 e. The smallest absolute Gasteiger partial charge is 0.168 e. The Morgan fingerprint density at radius 1 is 1.29 bits per heavy atom. The van der Waals surface area contributed by atoms with Crippen LogP contribution in [0.15, 0.2) is 29.3 Å². The number of benzene rings is 1. The predicted molar refractivity (Wildman–Crippen MR) is 88.8 cm³/mol. The van der Waals surface area contributed by atoms with Crippen LogP contribution in [-0.2, 0) is 0 Å². The van der Waals surface area contributed by atoms with Crippen molar-refractivity contribution in [2.24, 2.45) is 10.9 Å². The van der Waals surface area contributed by atoms with E-state index in [-0.39, 0.29) is 18.3 Å². The second kappa shape index (κ2) is 7.46.